The average Bonchev–Trinajstić information content (AvgIpc) is 3.34. The number of halogens is 2. The zero-order chi connectivity index (χ0) is 24.7. The SMILES string of the molecule is N#CC1CN(S(=O)(=O)N2CCC[C@H](C(=O)N3CCCC3)C2)C1.O=CNCc1ccc(F)c(F)c1.[HH]. The van der Waals surface area contributed by atoms with Crippen molar-refractivity contribution < 1.29 is 28.2 Å². The summed E-state index contributed by atoms with van der Waals surface area (Å²) in [7, 11) is -3.51. The Kier molecular flexibility index (Phi) is 8.93. The molecule has 3 aliphatic rings. The molecule has 3 aliphatic heterocycles. The van der Waals surface area contributed by atoms with Crippen molar-refractivity contribution >= 4 is 22.5 Å². The van der Waals surface area contributed by atoms with Gasteiger partial charge in [0.05, 0.1) is 17.9 Å². The molecule has 34 heavy (non-hydrogen) atoms. The maximum absolute atomic E-state index is 12.5. The highest BCUT2D eigenvalue weighted by molar-refractivity contribution is 7.86. The van der Waals surface area contributed by atoms with Gasteiger partial charge in [-0.15, -0.1) is 0 Å². The predicted octanol–water partition coefficient (Wildman–Crippen LogP) is 1.48. The molecule has 9 nitrogen and oxygen atoms in total. The molecule has 3 heterocycles. The molecule has 3 fully saturated rings. The van der Waals surface area contributed by atoms with Crippen LogP contribution in [0.15, 0.2) is 18.2 Å². The molecule has 0 saturated carbocycles. The molecule has 1 N–H and O–H groups in total. The van der Waals surface area contributed by atoms with Crippen LogP contribution < -0.4 is 5.32 Å². The average molecular weight is 500 g/mol. The number of nitrogens with one attached hydrogen (secondary N) is 1. The quantitative estimate of drug-likeness (QED) is 0.596. The van der Waals surface area contributed by atoms with Crippen LogP contribution in [0.3, 0.4) is 0 Å². The molecular weight excluding hydrogens is 468 g/mol. The molecule has 4 rings (SSSR count). The van der Waals surface area contributed by atoms with Gasteiger partial charge in [0.15, 0.2) is 11.6 Å². The van der Waals surface area contributed by atoms with Crippen molar-refractivity contribution in [2.75, 3.05) is 39.3 Å². The fraction of sp³-hybridized carbons (Fsp3) is 0.591. The maximum Gasteiger partial charge on any atom is 0.282 e. The summed E-state index contributed by atoms with van der Waals surface area (Å²) in [5.41, 5.74) is 0.529. The lowest BCUT2D eigenvalue weighted by atomic mass is 9.98. The fourth-order valence-electron chi connectivity index (χ4n) is 4.23. The van der Waals surface area contributed by atoms with Crippen LogP contribution in [0, 0.1) is 34.8 Å². The van der Waals surface area contributed by atoms with Crippen LogP contribution in [-0.4, -0.2) is 73.5 Å². The Morgan fingerprint density at radius 2 is 1.82 bits per heavy atom. The number of nitriles is 1. The van der Waals surface area contributed by atoms with Crippen LogP contribution in [-0.2, 0) is 26.3 Å². The summed E-state index contributed by atoms with van der Waals surface area (Å²) in [4.78, 5) is 24.2. The van der Waals surface area contributed by atoms with E-state index in [-0.39, 0.29) is 45.3 Å². The summed E-state index contributed by atoms with van der Waals surface area (Å²) in [6.45, 7) is 3.13. The van der Waals surface area contributed by atoms with Crippen molar-refractivity contribution in [1.82, 2.24) is 18.8 Å². The lowest BCUT2D eigenvalue weighted by Crippen LogP contribution is -2.57. The molecule has 0 aliphatic carbocycles. The number of hydrogen-bond acceptors (Lipinski definition) is 5. The highest BCUT2D eigenvalue weighted by atomic mass is 32.2. The third kappa shape index (κ3) is 6.28. The number of amides is 2. The largest absolute Gasteiger partial charge is 0.355 e. The molecule has 0 aromatic heterocycles. The molecule has 12 heteroatoms. The first-order chi connectivity index (χ1) is 16.3. The van der Waals surface area contributed by atoms with Gasteiger partial charge in [-0.2, -0.15) is 22.3 Å². The van der Waals surface area contributed by atoms with E-state index in [1.165, 1.54) is 14.7 Å². The van der Waals surface area contributed by atoms with Crippen LogP contribution in [0.1, 0.15) is 32.7 Å². The van der Waals surface area contributed by atoms with E-state index in [9.17, 15) is 26.8 Å². The fourth-order valence-corrected chi connectivity index (χ4v) is 6.02. The standard InChI is InChI=1S/C14H22N4O3S.C8H7F2NO.H2/c15-8-12-9-18(10-12)22(20,21)17-7-3-4-13(11-17)14(19)16-5-1-2-6-16;9-7-2-1-6(3-8(7)10)4-11-5-12;/h12-13H,1-7,9-11H2;1-3,5H,4H2,(H,11,12);1H/t13-;;/m0../s1. The van der Waals surface area contributed by atoms with Crippen LogP contribution in [0.5, 0.6) is 0 Å². The lowest BCUT2D eigenvalue weighted by Gasteiger charge is -2.40. The normalized spacial score (nSPS) is 21.7. The predicted molar refractivity (Wildman–Crippen MR) is 121 cm³/mol. The van der Waals surface area contributed by atoms with Gasteiger partial charge < -0.3 is 10.2 Å². The number of piperidine rings is 1. The molecule has 1 aromatic carbocycles. The van der Waals surface area contributed by atoms with E-state index >= 15 is 0 Å². The molecule has 2 amide bonds. The number of hydrogen-bond donors (Lipinski definition) is 1. The van der Waals surface area contributed by atoms with Crippen molar-refractivity contribution in [2.45, 2.75) is 32.2 Å². The minimum atomic E-state index is -3.51. The first-order valence-corrected chi connectivity index (χ1v) is 12.7. The van der Waals surface area contributed by atoms with Crippen LogP contribution >= 0.6 is 0 Å². The minimum absolute atomic E-state index is 0. The molecule has 0 spiro atoms. The summed E-state index contributed by atoms with van der Waals surface area (Å²) >= 11 is 0. The summed E-state index contributed by atoms with van der Waals surface area (Å²) in [6, 6.07) is 5.57. The van der Waals surface area contributed by atoms with Gasteiger partial charge in [0.2, 0.25) is 12.3 Å². The van der Waals surface area contributed by atoms with E-state index in [2.05, 4.69) is 11.4 Å². The maximum atomic E-state index is 12.5. The van der Waals surface area contributed by atoms with Gasteiger partial charge in [-0.25, -0.2) is 8.78 Å². The number of benzene rings is 1. The summed E-state index contributed by atoms with van der Waals surface area (Å²) in [5.74, 6) is -2.09. The first-order valence-electron chi connectivity index (χ1n) is 11.3. The van der Waals surface area contributed by atoms with Gasteiger partial charge in [-0.05, 0) is 43.4 Å². The highest BCUT2D eigenvalue weighted by Crippen LogP contribution is 2.27. The minimum Gasteiger partial charge on any atom is -0.355 e. The van der Waals surface area contributed by atoms with Crippen LogP contribution in [0.4, 0.5) is 8.78 Å². The second-order valence-electron chi connectivity index (χ2n) is 8.63. The summed E-state index contributed by atoms with van der Waals surface area (Å²) < 4.78 is 52.7. The molecule has 0 radical (unpaired) electrons. The van der Waals surface area contributed by atoms with E-state index in [1.807, 2.05) is 4.90 Å². The van der Waals surface area contributed by atoms with Gasteiger partial charge in [0.25, 0.3) is 10.2 Å². The summed E-state index contributed by atoms with van der Waals surface area (Å²) in [6.07, 6.45) is 4.08. The molecule has 1 atom stereocenters. The lowest BCUT2D eigenvalue weighted by molar-refractivity contribution is -0.135. The Bertz CT molecular complexity index is 1030. The molecule has 188 valence electrons. The first kappa shape index (κ1) is 26.0. The number of carbonyl (C=O) groups is 2. The Hall–Kier alpha value is -2.62. The van der Waals surface area contributed by atoms with E-state index in [0.29, 0.717) is 18.5 Å². The van der Waals surface area contributed by atoms with Gasteiger partial charge in [-0.1, -0.05) is 6.07 Å². The Balaban J connectivity index is 0.000000284. The van der Waals surface area contributed by atoms with Gasteiger partial charge in [0.1, 0.15) is 0 Å². The zero-order valence-electron chi connectivity index (χ0n) is 18.8. The van der Waals surface area contributed by atoms with Crippen molar-refractivity contribution in [3.05, 3.63) is 35.4 Å². The molecule has 3 saturated heterocycles. The molecule has 0 unspecified atom stereocenters. The smallest absolute Gasteiger partial charge is 0.282 e. The van der Waals surface area contributed by atoms with Crippen molar-refractivity contribution in [1.29, 1.82) is 5.26 Å². The second-order valence-corrected chi connectivity index (χ2v) is 10.6. The Morgan fingerprint density at radius 1 is 1.12 bits per heavy atom. The third-order valence-electron chi connectivity index (χ3n) is 6.21. The van der Waals surface area contributed by atoms with Crippen LogP contribution in [0.2, 0.25) is 0 Å². The Morgan fingerprint density at radius 3 is 2.44 bits per heavy atom. The van der Waals surface area contributed by atoms with Crippen LogP contribution in [0.25, 0.3) is 0 Å². The zero-order valence-corrected chi connectivity index (χ0v) is 19.6. The van der Waals surface area contributed by atoms with E-state index in [1.54, 1.807) is 0 Å². The summed E-state index contributed by atoms with van der Waals surface area (Å²) in [5, 5.41) is 11.1. The number of carbonyl (C=O) groups excluding carboxylic acids is 2. The molecule has 1 aromatic rings. The molecule has 0 bridgehead atoms. The second kappa shape index (κ2) is 11.7. The van der Waals surface area contributed by atoms with E-state index in [0.717, 1.165) is 50.9 Å². The number of likely N-dealkylation sites (tertiary alicyclic amines) is 1. The number of nitrogens with zero attached hydrogens (tertiary/aromatic N) is 4. The van der Waals surface area contributed by atoms with Crippen molar-refractivity contribution in [2.24, 2.45) is 11.8 Å². The number of rotatable bonds is 6. The third-order valence-corrected chi connectivity index (χ3v) is 8.14. The van der Waals surface area contributed by atoms with E-state index in [4.69, 9.17) is 5.26 Å². The van der Waals surface area contributed by atoms with Gasteiger partial charge >= 0.3 is 0 Å². The van der Waals surface area contributed by atoms with E-state index < -0.39 is 21.8 Å². The Labute approximate surface area is 200 Å². The molecular formula is C22H31F2N5O4S. The monoisotopic (exact) mass is 499 g/mol. The van der Waals surface area contributed by atoms with Gasteiger partial charge in [0, 0.05) is 47.2 Å². The topological polar surface area (TPSA) is 114 Å². The van der Waals surface area contributed by atoms with Crippen molar-refractivity contribution in [3.8, 4) is 6.07 Å². The highest BCUT2D eigenvalue weighted by Gasteiger charge is 2.42. The van der Waals surface area contributed by atoms with Crippen molar-refractivity contribution in [3.63, 3.8) is 0 Å². The van der Waals surface area contributed by atoms with Gasteiger partial charge in [-0.3, -0.25) is 9.59 Å².